The smallest absolute Gasteiger partial charge is 0.0339 e. The topological polar surface area (TPSA) is 52.0 Å². The summed E-state index contributed by atoms with van der Waals surface area (Å²) in [6.45, 7) is 3.38. The van der Waals surface area contributed by atoms with E-state index in [9.17, 15) is 0 Å². The molecule has 27 heavy (non-hydrogen) atoms. The van der Waals surface area contributed by atoms with Crippen LogP contribution in [0.5, 0.6) is 0 Å². The van der Waals surface area contributed by atoms with E-state index in [2.05, 4.69) is 79.7 Å². The normalized spacial score (nSPS) is 11.1. The molecule has 0 aliphatic carbocycles. The number of nitrogens with two attached hydrogens (primary N) is 2. The number of benzene rings is 3. The molecule has 3 rings (SSSR count). The first kappa shape index (κ1) is 19.3. The Kier molecular flexibility index (Phi) is 6.80. The molecule has 0 amide bonds. The monoisotopic (exact) mass is 358 g/mol. The van der Waals surface area contributed by atoms with Crippen molar-refractivity contribution < 1.29 is 0 Å². The van der Waals surface area contributed by atoms with E-state index in [1.54, 1.807) is 0 Å². The van der Waals surface area contributed by atoms with Gasteiger partial charge in [0, 0.05) is 19.0 Å². The van der Waals surface area contributed by atoms with Crippen LogP contribution in [0.2, 0.25) is 0 Å². The maximum absolute atomic E-state index is 5.77. The van der Waals surface area contributed by atoms with Gasteiger partial charge in [-0.25, -0.2) is 0 Å². The Labute approximate surface area is 163 Å². The molecule has 140 valence electrons. The quantitative estimate of drug-likeness (QED) is 0.549. The molecule has 0 aliphatic rings. The number of unbranched alkanes of at least 4 members (excludes halogenated alkanes) is 1. The molecule has 0 saturated heterocycles. The zero-order chi connectivity index (χ0) is 19.1. The SMILES string of the molecule is CCCCc1ccc(C(c2ccc(CN)cc2)c2ccc(CN)cc2)cc1. The predicted molar refractivity (Wildman–Crippen MR) is 115 cm³/mol. The van der Waals surface area contributed by atoms with Gasteiger partial charge >= 0.3 is 0 Å². The Morgan fingerprint density at radius 1 is 0.593 bits per heavy atom. The van der Waals surface area contributed by atoms with Gasteiger partial charge in [0.05, 0.1) is 0 Å². The largest absolute Gasteiger partial charge is 0.326 e. The molecule has 2 heteroatoms. The van der Waals surface area contributed by atoms with Crippen molar-refractivity contribution in [1.29, 1.82) is 0 Å². The van der Waals surface area contributed by atoms with Crippen molar-refractivity contribution in [2.75, 3.05) is 0 Å². The fourth-order valence-corrected chi connectivity index (χ4v) is 3.53. The summed E-state index contributed by atoms with van der Waals surface area (Å²) in [5, 5.41) is 0. The van der Waals surface area contributed by atoms with Crippen LogP contribution >= 0.6 is 0 Å². The third kappa shape index (κ3) is 4.85. The van der Waals surface area contributed by atoms with Gasteiger partial charge in [0.2, 0.25) is 0 Å². The van der Waals surface area contributed by atoms with Gasteiger partial charge in [0.25, 0.3) is 0 Å². The summed E-state index contributed by atoms with van der Waals surface area (Å²) in [7, 11) is 0. The molecule has 0 spiro atoms. The Morgan fingerprint density at radius 3 is 1.30 bits per heavy atom. The van der Waals surface area contributed by atoms with E-state index in [-0.39, 0.29) is 5.92 Å². The summed E-state index contributed by atoms with van der Waals surface area (Å²) < 4.78 is 0. The number of hydrogen-bond acceptors (Lipinski definition) is 2. The second kappa shape index (κ2) is 9.50. The van der Waals surface area contributed by atoms with Crippen molar-refractivity contribution in [3.05, 3.63) is 106 Å². The molecule has 0 heterocycles. The Morgan fingerprint density at radius 2 is 0.963 bits per heavy atom. The predicted octanol–water partition coefficient (Wildman–Crippen LogP) is 5.13. The van der Waals surface area contributed by atoms with E-state index in [0.29, 0.717) is 13.1 Å². The lowest BCUT2D eigenvalue weighted by molar-refractivity contribution is 0.794. The summed E-state index contributed by atoms with van der Waals surface area (Å²) in [5.74, 6) is 0.212. The van der Waals surface area contributed by atoms with Crippen LogP contribution in [0, 0.1) is 0 Å². The van der Waals surface area contributed by atoms with E-state index >= 15 is 0 Å². The van der Waals surface area contributed by atoms with Crippen molar-refractivity contribution in [3.8, 4) is 0 Å². The minimum absolute atomic E-state index is 0.212. The molecule has 0 unspecified atom stereocenters. The highest BCUT2D eigenvalue weighted by molar-refractivity contribution is 5.45. The van der Waals surface area contributed by atoms with Crippen LogP contribution in [0.3, 0.4) is 0 Å². The molecule has 2 nitrogen and oxygen atoms in total. The molecule has 0 atom stereocenters. The highest BCUT2D eigenvalue weighted by Crippen LogP contribution is 2.32. The van der Waals surface area contributed by atoms with Crippen LogP contribution in [0.25, 0.3) is 0 Å². The summed E-state index contributed by atoms with van der Waals surface area (Å²) in [5.41, 5.74) is 19.2. The van der Waals surface area contributed by atoms with Gasteiger partial charge in [-0.3, -0.25) is 0 Å². The fourth-order valence-electron chi connectivity index (χ4n) is 3.53. The van der Waals surface area contributed by atoms with Crippen LogP contribution in [-0.2, 0) is 19.5 Å². The maximum atomic E-state index is 5.77. The standard InChI is InChI=1S/C25H30N2/c1-2-3-4-19-5-11-22(12-6-19)25(23-13-7-20(17-26)8-14-23)24-15-9-21(18-27)10-16-24/h5-16,25H,2-4,17-18,26-27H2,1H3. The van der Waals surface area contributed by atoms with Crippen molar-refractivity contribution in [3.63, 3.8) is 0 Å². The minimum Gasteiger partial charge on any atom is -0.326 e. The second-order valence-electron chi connectivity index (χ2n) is 7.17. The minimum atomic E-state index is 0.212. The lowest BCUT2D eigenvalue weighted by Gasteiger charge is -2.20. The van der Waals surface area contributed by atoms with Gasteiger partial charge in [0.15, 0.2) is 0 Å². The Bertz CT molecular complexity index is 770. The molecule has 4 N–H and O–H groups in total. The van der Waals surface area contributed by atoms with Crippen molar-refractivity contribution in [2.24, 2.45) is 11.5 Å². The summed E-state index contributed by atoms with van der Waals surface area (Å²) in [6.07, 6.45) is 3.62. The van der Waals surface area contributed by atoms with Crippen molar-refractivity contribution >= 4 is 0 Å². The molecule has 3 aromatic rings. The zero-order valence-electron chi connectivity index (χ0n) is 16.2. The van der Waals surface area contributed by atoms with Gasteiger partial charge < -0.3 is 11.5 Å². The van der Waals surface area contributed by atoms with Gasteiger partial charge in [-0.1, -0.05) is 86.1 Å². The van der Waals surface area contributed by atoms with Crippen LogP contribution in [0.15, 0.2) is 72.8 Å². The first-order chi connectivity index (χ1) is 13.2. The molecule has 3 aromatic carbocycles. The molecule has 0 saturated carbocycles. The highest BCUT2D eigenvalue weighted by Gasteiger charge is 2.17. The second-order valence-corrected chi connectivity index (χ2v) is 7.17. The average Bonchev–Trinajstić information content (AvgIpc) is 2.74. The molecule has 0 aliphatic heterocycles. The zero-order valence-corrected chi connectivity index (χ0v) is 16.2. The van der Waals surface area contributed by atoms with Crippen molar-refractivity contribution in [1.82, 2.24) is 0 Å². The van der Waals surface area contributed by atoms with Gasteiger partial charge in [-0.05, 0) is 46.2 Å². The van der Waals surface area contributed by atoms with E-state index in [1.165, 1.54) is 35.1 Å². The number of aryl methyl sites for hydroxylation is 1. The van der Waals surface area contributed by atoms with E-state index < -0.39 is 0 Å². The van der Waals surface area contributed by atoms with Gasteiger partial charge in [-0.2, -0.15) is 0 Å². The number of hydrogen-bond donors (Lipinski definition) is 2. The van der Waals surface area contributed by atoms with Gasteiger partial charge in [-0.15, -0.1) is 0 Å². The summed E-state index contributed by atoms with van der Waals surface area (Å²) >= 11 is 0. The van der Waals surface area contributed by atoms with E-state index in [4.69, 9.17) is 11.5 Å². The van der Waals surface area contributed by atoms with Crippen LogP contribution in [0.1, 0.15) is 59.1 Å². The maximum Gasteiger partial charge on any atom is 0.0339 e. The van der Waals surface area contributed by atoms with Crippen LogP contribution in [-0.4, -0.2) is 0 Å². The third-order valence-corrected chi connectivity index (χ3v) is 5.23. The molecule has 0 fully saturated rings. The Balaban J connectivity index is 1.97. The number of rotatable bonds is 8. The Hall–Kier alpha value is -2.42. The molecular formula is C25H30N2. The third-order valence-electron chi connectivity index (χ3n) is 5.23. The first-order valence-electron chi connectivity index (χ1n) is 9.91. The lowest BCUT2D eigenvalue weighted by atomic mass is 9.84. The lowest BCUT2D eigenvalue weighted by Crippen LogP contribution is -2.05. The summed E-state index contributed by atoms with van der Waals surface area (Å²) in [4.78, 5) is 0. The van der Waals surface area contributed by atoms with Crippen LogP contribution < -0.4 is 11.5 Å². The highest BCUT2D eigenvalue weighted by atomic mass is 14.5. The van der Waals surface area contributed by atoms with Crippen molar-refractivity contribution in [2.45, 2.75) is 45.2 Å². The fraction of sp³-hybridized carbons (Fsp3) is 0.280. The average molecular weight is 359 g/mol. The van der Waals surface area contributed by atoms with E-state index in [1.807, 2.05) is 0 Å². The van der Waals surface area contributed by atoms with Gasteiger partial charge in [0.1, 0.15) is 0 Å². The molecule has 0 aromatic heterocycles. The van der Waals surface area contributed by atoms with Crippen LogP contribution in [0.4, 0.5) is 0 Å². The molecular weight excluding hydrogens is 328 g/mol. The van der Waals surface area contributed by atoms with E-state index in [0.717, 1.165) is 17.5 Å². The first-order valence-corrected chi connectivity index (χ1v) is 9.91. The molecule has 0 bridgehead atoms. The summed E-state index contributed by atoms with van der Waals surface area (Å²) in [6, 6.07) is 26.5. The molecule has 0 radical (unpaired) electrons.